The van der Waals surface area contributed by atoms with Crippen LogP contribution in [0.25, 0.3) is 22.3 Å². The Bertz CT molecular complexity index is 930. The first-order valence-corrected chi connectivity index (χ1v) is 7.22. The zero-order valence-corrected chi connectivity index (χ0v) is 12.8. The summed E-state index contributed by atoms with van der Waals surface area (Å²) in [5, 5.41) is 1.19. The first-order valence-electron chi connectivity index (χ1n) is 6.84. The fourth-order valence-electron chi connectivity index (χ4n) is 2.92. The van der Waals surface area contributed by atoms with Gasteiger partial charge in [0.1, 0.15) is 11.3 Å². The van der Waals surface area contributed by atoms with Crippen molar-refractivity contribution in [3.8, 4) is 11.4 Å². The van der Waals surface area contributed by atoms with Crippen molar-refractivity contribution in [3.63, 3.8) is 0 Å². The van der Waals surface area contributed by atoms with Gasteiger partial charge < -0.3 is 4.74 Å². The second-order valence-corrected chi connectivity index (χ2v) is 6.04. The average Bonchev–Trinajstić information content (AvgIpc) is 2.85. The molecule has 0 aliphatic carbocycles. The molecule has 4 rings (SSSR count). The molecule has 0 spiro atoms. The number of para-hydroxylation sites is 1. The molecule has 0 bridgehead atoms. The van der Waals surface area contributed by atoms with Gasteiger partial charge >= 0.3 is 6.09 Å². The minimum Gasteiger partial charge on any atom is -0.438 e. The molecule has 0 fully saturated rings. The minimum atomic E-state index is -0.672. The number of aromatic nitrogens is 3. The molecule has 5 nitrogen and oxygen atoms in total. The van der Waals surface area contributed by atoms with Crippen LogP contribution in [0.4, 0.5) is 4.79 Å². The van der Waals surface area contributed by atoms with Crippen LogP contribution >= 0.6 is 11.6 Å². The normalized spacial score (nSPS) is 15.9. The summed E-state index contributed by atoms with van der Waals surface area (Å²) in [4.78, 5) is 20.8. The smallest absolute Gasteiger partial charge is 0.419 e. The third-order valence-corrected chi connectivity index (χ3v) is 4.17. The summed E-state index contributed by atoms with van der Waals surface area (Å²) in [5.74, 6) is 0. The molecule has 0 radical (unpaired) electrons. The summed E-state index contributed by atoms with van der Waals surface area (Å²) in [6, 6.07) is 7.76. The highest BCUT2D eigenvalue weighted by atomic mass is 35.5. The molecule has 2 aromatic heterocycles. The van der Waals surface area contributed by atoms with E-state index in [0.717, 1.165) is 16.5 Å². The fourth-order valence-corrected chi connectivity index (χ4v) is 3.12. The maximum Gasteiger partial charge on any atom is 0.419 e. The molecule has 6 heteroatoms. The van der Waals surface area contributed by atoms with Gasteiger partial charge in [-0.15, -0.1) is 0 Å². The van der Waals surface area contributed by atoms with Crippen LogP contribution in [-0.2, 0) is 10.3 Å². The summed E-state index contributed by atoms with van der Waals surface area (Å²) in [6.45, 7) is 3.76. The number of cyclic esters (lactones) is 1. The van der Waals surface area contributed by atoms with Crippen molar-refractivity contribution in [2.24, 2.45) is 0 Å². The molecule has 3 heterocycles. The van der Waals surface area contributed by atoms with E-state index in [1.54, 1.807) is 6.20 Å². The van der Waals surface area contributed by atoms with Gasteiger partial charge in [-0.3, -0.25) is 0 Å². The Morgan fingerprint density at radius 2 is 2.00 bits per heavy atom. The minimum absolute atomic E-state index is 0.251. The molecule has 0 saturated heterocycles. The van der Waals surface area contributed by atoms with Crippen LogP contribution in [0.5, 0.6) is 0 Å². The number of nitrogens with zero attached hydrogens (tertiary/aromatic N) is 3. The van der Waals surface area contributed by atoms with E-state index in [-0.39, 0.29) is 5.15 Å². The van der Waals surface area contributed by atoms with Crippen molar-refractivity contribution in [3.05, 3.63) is 47.4 Å². The van der Waals surface area contributed by atoms with Crippen molar-refractivity contribution >= 4 is 28.6 Å². The number of ether oxygens (including phenoxy) is 1. The van der Waals surface area contributed by atoms with Crippen LogP contribution in [0, 0.1) is 0 Å². The van der Waals surface area contributed by atoms with Crippen molar-refractivity contribution in [2.75, 3.05) is 0 Å². The van der Waals surface area contributed by atoms with Crippen molar-refractivity contribution in [2.45, 2.75) is 19.4 Å². The van der Waals surface area contributed by atoms with Gasteiger partial charge in [-0.05, 0) is 19.9 Å². The lowest BCUT2D eigenvalue weighted by atomic mass is 9.95. The molecule has 0 amide bonds. The number of halogens is 1. The Kier molecular flexibility index (Phi) is 2.60. The Labute approximate surface area is 131 Å². The van der Waals surface area contributed by atoms with Crippen LogP contribution < -0.4 is 0 Å². The molecule has 1 aliphatic rings. The van der Waals surface area contributed by atoms with Crippen molar-refractivity contribution in [1.82, 2.24) is 14.5 Å². The number of hydrogen-bond acceptors (Lipinski definition) is 4. The number of carbonyl (C=O) groups is 1. The van der Waals surface area contributed by atoms with E-state index in [4.69, 9.17) is 16.3 Å². The Hall–Kier alpha value is -2.40. The monoisotopic (exact) mass is 313 g/mol. The molecule has 0 unspecified atom stereocenters. The fraction of sp³-hybridized carbons (Fsp3) is 0.188. The largest absolute Gasteiger partial charge is 0.438 e. The van der Waals surface area contributed by atoms with Gasteiger partial charge in [-0.1, -0.05) is 29.8 Å². The van der Waals surface area contributed by atoms with Crippen molar-refractivity contribution < 1.29 is 9.53 Å². The number of carbonyl (C=O) groups excluding carboxylic acids is 1. The van der Waals surface area contributed by atoms with E-state index >= 15 is 0 Å². The van der Waals surface area contributed by atoms with E-state index in [1.165, 1.54) is 10.8 Å². The number of benzene rings is 1. The summed E-state index contributed by atoms with van der Waals surface area (Å²) in [6.07, 6.45) is 2.62. The molecule has 110 valence electrons. The molecule has 1 aromatic carbocycles. The van der Waals surface area contributed by atoms with Gasteiger partial charge in [-0.25, -0.2) is 19.3 Å². The standard InChI is InChI=1S/C16H12ClN3O2/c1-16(2)10-5-3-4-9-8-11(12-14(17)19-7-6-18-12)20(13(9)10)15(21)22-16/h3-8H,1-2H3. The van der Waals surface area contributed by atoms with E-state index in [2.05, 4.69) is 9.97 Å². The summed E-state index contributed by atoms with van der Waals surface area (Å²) >= 11 is 6.14. The van der Waals surface area contributed by atoms with Crippen molar-refractivity contribution in [1.29, 1.82) is 0 Å². The van der Waals surface area contributed by atoms with Crippen LogP contribution in [0.3, 0.4) is 0 Å². The molecule has 1 aliphatic heterocycles. The van der Waals surface area contributed by atoms with E-state index in [0.29, 0.717) is 11.4 Å². The molecule has 3 aromatic rings. The third-order valence-electron chi connectivity index (χ3n) is 3.89. The van der Waals surface area contributed by atoms with Gasteiger partial charge in [0.25, 0.3) is 0 Å². The van der Waals surface area contributed by atoms with Gasteiger partial charge in [0.2, 0.25) is 0 Å². The van der Waals surface area contributed by atoms with Gasteiger partial charge in [0.05, 0.1) is 11.2 Å². The predicted octanol–water partition coefficient (Wildman–Crippen LogP) is 3.99. The molecule has 0 N–H and O–H groups in total. The second-order valence-electron chi connectivity index (χ2n) is 5.68. The van der Waals surface area contributed by atoms with Crippen LogP contribution in [0.1, 0.15) is 19.4 Å². The Balaban J connectivity index is 2.13. The molecule has 22 heavy (non-hydrogen) atoms. The highest BCUT2D eigenvalue weighted by Crippen LogP contribution is 2.40. The van der Waals surface area contributed by atoms with Gasteiger partial charge in [0.15, 0.2) is 5.15 Å². The Morgan fingerprint density at radius 3 is 2.77 bits per heavy atom. The maximum absolute atomic E-state index is 12.5. The lowest BCUT2D eigenvalue weighted by Gasteiger charge is -2.31. The number of rotatable bonds is 1. The van der Waals surface area contributed by atoms with E-state index in [1.807, 2.05) is 38.1 Å². The van der Waals surface area contributed by atoms with Crippen LogP contribution in [0.2, 0.25) is 5.15 Å². The zero-order chi connectivity index (χ0) is 15.5. The Morgan fingerprint density at radius 1 is 1.23 bits per heavy atom. The number of hydrogen-bond donors (Lipinski definition) is 0. The zero-order valence-electron chi connectivity index (χ0n) is 12.0. The third kappa shape index (κ3) is 1.69. The predicted molar refractivity (Wildman–Crippen MR) is 82.9 cm³/mol. The first-order chi connectivity index (χ1) is 10.5. The molecular weight excluding hydrogens is 302 g/mol. The quantitative estimate of drug-likeness (QED) is 0.681. The average molecular weight is 314 g/mol. The van der Waals surface area contributed by atoms with Crippen LogP contribution in [0.15, 0.2) is 36.7 Å². The topological polar surface area (TPSA) is 57.0 Å². The summed E-state index contributed by atoms with van der Waals surface area (Å²) in [7, 11) is 0. The highest BCUT2D eigenvalue weighted by molar-refractivity contribution is 6.31. The second kappa shape index (κ2) is 4.30. The maximum atomic E-state index is 12.5. The molecule has 0 atom stereocenters. The van der Waals surface area contributed by atoms with E-state index < -0.39 is 11.7 Å². The van der Waals surface area contributed by atoms with Gasteiger partial charge in [-0.2, -0.15) is 0 Å². The molecule has 0 saturated carbocycles. The van der Waals surface area contributed by atoms with Crippen LogP contribution in [-0.4, -0.2) is 20.6 Å². The summed E-state index contributed by atoms with van der Waals surface area (Å²) < 4.78 is 7.10. The molecular formula is C16H12ClN3O2. The lowest BCUT2D eigenvalue weighted by molar-refractivity contribution is 0.0334. The first kappa shape index (κ1) is 13.3. The highest BCUT2D eigenvalue weighted by Gasteiger charge is 2.36. The SMILES string of the molecule is CC1(C)OC(=O)n2c(-c3nccnc3Cl)cc3cccc1c32. The lowest BCUT2D eigenvalue weighted by Crippen LogP contribution is -2.33. The summed E-state index contributed by atoms with van der Waals surface area (Å²) in [5.41, 5.74) is 2.16. The van der Waals surface area contributed by atoms with E-state index in [9.17, 15) is 4.79 Å². The van der Waals surface area contributed by atoms with Gasteiger partial charge in [0, 0.05) is 23.3 Å².